The third-order valence-electron chi connectivity index (χ3n) is 6.03. The van der Waals surface area contributed by atoms with Crippen LogP contribution in [-0.2, 0) is 21.7 Å². The van der Waals surface area contributed by atoms with Crippen LogP contribution in [0.4, 0.5) is 0 Å². The molecular formula is C25H20N2O6S2. The van der Waals surface area contributed by atoms with Crippen LogP contribution in [0.15, 0.2) is 54.1 Å². The van der Waals surface area contributed by atoms with Crippen LogP contribution in [-0.4, -0.2) is 40.1 Å². The normalized spacial score (nSPS) is 19.7. The van der Waals surface area contributed by atoms with Crippen LogP contribution in [0.3, 0.4) is 0 Å². The molecule has 2 aliphatic rings. The van der Waals surface area contributed by atoms with Gasteiger partial charge in [0.1, 0.15) is 11.0 Å². The Balaban J connectivity index is 1.51. The van der Waals surface area contributed by atoms with Crippen LogP contribution >= 0.6 is 23.1 Å². The molecule has 0 amide bonds. The Morgan fingerprint density at radius 2 is 1.86 bits per heavy atom. The predicted molar refractivity (Wildman–Crippen MR) is 131 cm³/mol. The summed E-state index contributed by atoms with van der Waals surface area (Å²) in [5, 5.41) is 12.7. The zero-order valence-corrected chi connectivity index (χ0v) is 20.3. The van der Waals surface area contributed by atoms with Gasteiger partial charge in [-0.05, 0) is 48.0 Å². The van der Waals surface area contributed by atoms with Crippen LogP contribution < -0.4 is 14.2 Å². The number of aromatic nitrogens is 2. The largest absolute Gasteiger partial charge is 0.490 e. The molecule has 2 aliphatic heterocycles. The van der Waals surface area contributed by atoms with E-state index < -0.39 is 11.8 Å². The second-order valence-corrected chi connectivity index (χ2v) is 9.83. The van der Waals surface area contributed by atoms with Gasteiger partial charge in [-0.3, -0.25) is 0 Å². The molecule has 0 spiro atoms. The highest BCUT2D eigenvalue weighted by molar-refractivity contribution is 7.13. The highest BCUT2D eigenvalue weighted by Crippen LogP contribution is 2.47. The summed E-state index contributed by atoms with van der Waals surface area (Å²) < 4.78 is 31.2. The second kappa shape index (κ2) is 8.63. The molecule has 10 heteroatoms. The van der Waals surface area contributed by atoms with Crippen LogP contribution in [0.5, 0.6) is 16.6 Å². The second-order valence-electron chi connectivity index (χ2n) is 8.17. The number of methoxy groups -OCH3 is 1. The van der Waals surface area contributed by atoms with Crippen molar-refractivity contribution in [2.45, 2.75) is 18.6 Å². The van der Waals surface area contributed by atoms with Crippen LogP contribution in [0, 0.1) is 0 Å². The van der Waals surface area contributed by atoms with Gasteiger partial charge in [0.05, 0.1) is 37.6 Å². The van der Waals surface area contributed by atoms with Gasteiger partial charge in [0.2, 0.25) is 0 Å². The number of benzene rings is 2. The number of thiophene rings is 1. The molecule has 6 rings (SSSR count). The van der Waals surface area contributed by atoms with Gasteiger partial charge in [0, 0.05) is 28.9 Å². The molecule has 1 N–H and O–H groups in total. The van der Waals surface area contributed by atoms with Crippen molar-refractivity contribution in [2.75, 3.05) is 20.3 Å². The number of nitrogens with zero attached hydrogens (tertiary/aromatic N) is 2. The number of carbonyl (C=O) groups excluding carboxylic acids is 1. The third-order valence-corrected chi connectivity index (χ3v) is 7.63. The van der Waals surface area contributed by atoms with Crippen molar-refractivity contribution in [1.29, 1.82) is 0 Å². The fourth-order valence-corrected chi connectivity index (χ4v) is 5.67. The molecular weight excluding hydrogens is 488 g/mol. The SMILES string of the molecule is COc1ccc(CC2=C(c3ccc4nsnc4c3)C(=O)OC2(O)c2ccc3c(c2)OCCCO3)s1. The maximum absolute atomic E-state index is 13.3. The molecule has 0 saturated heterocycles. The van der Waals surface area contributed by atoms with Gasteiger partial charge in [-0.15, -0.1) is 11.3 Å². The number of carbonyl (C=O) groups is 1. The van der Waals surface area contributed by atoms with Crippen LogP contribution in [0.25, 0.3) is 16.6 Å². The Morgan fingerprint density at radius 1 is 1.03 bits per heavy atom. The zero-order chi connectivity index (χ0) is 24.0. The van der Waals surface area contributed by atoms with Crippen molar-refractivity contribution < 1.29 is 28.8 Å². The molecule has 0 saturated carbocycles. The third kappa shape index (κ3) is 3.83. The minimum absolute atomic E-state index is 0.285. The Bertz CT molecular complexity index is 1480. The number of rotatable bonds is 5. The average Bonchev–Trinajstić information content (AvgIpc) is 3.53. The molecule has 0 fully saturated rings. The molecule has 2 aromatic carbocycles. The maximum Gasteiger partial charge on any atom is 0.342 e. The highest BCUT2D eigenvalue weighted by atomic mass is 32.1. The summed E-state index contributed by atoms with van der Waals surface area (Å²) in [5.74, 6) is -1.50. The topological polar surface area (TPSA) is 100 Å². The quantitative estimate of drug-likeness (QED) is 0.398. The lowest BCUT2D eigenvalue weighted by atomic mass is 9.89. The average molecular weight is 509 g/mol. The van der Waals surface area contributed by atoms with E-state index in [1.165, 1.54) is 11.3 Å². The molecule has 0 bridgehead atoms. The van der Waals surface area contributed by atoms with Gasteiger partial charge in [-0.25, -0.2) is 4.79 Å². The molecule has 35 heavy (non-hydrogen) atoms. The number of hydrogen-bond donors (Lipinski definition) is 1. The van der Waals surface area contributed by atoms with E-state index >= 15 is 0 Å². The van der Waals surface area contributed by atoms with Crippen molar-refractivity contribution in [3.05, 3.63) is 70.1 Å². The Labute approximate surface area is 208 Å². The lowest BCUT2D eigenvalue weighted by Gasteiger charge is -2.26. The molecule has 8 nitrogen and oxygen atoms in total. The first-order valence-corrected chi connectivity index (χ1v) is 12.5. The first kappa shape index (κ1) is 22.0. The summed E-state index contributed by atoms with van der Waals surface area (Å²) in [5.41, 5.74) is 3.16. The number of esters is 1. The van der Waals surface area contributed by atoms with Crippen molar-refractivity contribution in [3.8, 4) is 16.6 Å². The minimum atomic E-state index is -1.98. The fourth-order valence-electron chi connectivity index (χ4n) is 4.32. The van der Waals surface area contributed by atoms with E-state index in [-0.39, 0.29) is 6.42 Å². The van der Waals surface area contributed by atoms with E-state index in [0.717, 1.165) is 33.6 Å². The van der Waals surface area contributed by atoms with Gasteiger partial charge in [-0.1, -0.05) is 6.07 Å². The molecule has 0 radical (unpaired) electrons. The smallest absolute Gasteiger partial charge is 0.342 e. The highest BCUT2D eigenvalue weighted by Gasteiger charge is 2.48. The molecule has 178 valence electrons. The summed E-state index contributed by atoms with van der Waals surface area (Å²) in [4.78, 5) is 14.2. The van der Waals surface area contributed by atoms with Gasteiger partial charge >= 0.3 is 5.97 Å². The first-order valence-electron chi connectivity index (χ1n) is 11.0. The summed E-state index contributed by atoms with van der Waals surface area (Å²) in [7, 11) is 1.60. The van der Waals surface area contributed by atoms with E-state index in [2.05, 4.69) is 8.75 Å². The molecule has 2 aromatic heterocycles. The number of cyclic esters (lactones) is 1. The molecule has 4 aromatic rings. The standard InChI is InChI=1S/C25H20N2O6S2/c1-30-22-8-5-16(34-22)13-17-23(14-3-6-18-19(11-14)27-35-26-18)24(28)33-25(17,29)15-4-7-20-21(12-15)32-10-2-9-31-20/h3-8,11-12,29H,2,9-10,13H2,1H3. The monoisotopic (exact) mass is 508 g/mol. The van der Waals surface area contributed by atoms with Crippen molar-refractivity contribution in [2.24, 2.45) is 0 Å². The zero-order valence-electron chi connectivity index (χ0n) is 18.6. The Hall–Kier alpha value is -3.47. The van der Waals surface area contributed by atoms with Gasteiger partial charge in [-0.2, -0.15) is 8.75 Å². The summed E-state index contributed by atoms with van der Waals surface area (Å²) in [6.07, 6.45) is 1.04. The molecule has 1 atom stereocenters. The van der Waals surface area contributed by atoms with Crippen molar-refractivity contribution in [1.82, 2.24) is 8.75 Å². The summed E-state index contributed by atoms with van der Waals surface area (Å²) in [6, 6.07) is 14.3. The van der Waals surface area contributed by atoms with E-state index in [4.69, 9.17) is 18.9 Å². The summed E-state index contributed by atoms with van der Waals surface area (Å²) >= 11 is 2.55. The van der Waals surface area contributed by atoms with Crippen LogP contribution in [0.2, 0.25) is 0 Å². The van der Waals surface area contributed by atoms with E-state index in [1.54, 1.807) is 37.4 Å². The lowest BCUT2D eigenvalue weighted by Crippen LogP contribution is -2.29. The van der Waals surface area contributed by atoms with E-state index in [0.29, 0.717) is 52.5 Å². The Morgan fingerprint density at radius 3 is 2.69 bits per heavy atom. The van der Waals surface area contributed by atoms with Gasteiger partial charge in [0.15, 0.2) is 16.6 Å². The van der Waals surface area contributed by atoms with Crippen molar-refractivity contribution in [3.63, 3.8) is 0 Å². The maximum atomic E-state index is 13.3. The molecule has 1 unspecified atom stereocenters. The minimum Gasteiger partial charge on any atom is -0.490 e. The fraction of sp³-hybridized carbons (Fsp3) is 0.240. The van der Waals surface area contributed by atoms with E-state index in [1.807, 2.05) is 18.2 Å². The Kier molecular flexibility index (Phi) is 5.43. The van der Waals surface area contributed by atoms with Gasteiger partial charge < -0.3 is 24.1 Å². The number of hydrogen-bond acceptors (Lipinski definition) is 10. The van der Waals surface area contributed by atoms with E-state index in [9.17, 15) is 9.90 Å². The number of ether oxygens (including phenoxy) is 4. The van der Waals surface area contributed by atoms with Gasteiger partial charge in [0.25, 0.3) is 5.79 Å². The number of fused-ring (bicyclic) bond motifs is 2. The molecule has 0 aliphatic carbocycles. The number of aliphatic hydroxyl groups is 1. The van der Waals surface area contributed by atoms with Crippen LogP contribution in [0.1, 0.15) is 22.4 Å². The predicted octanol–water partition coefficient (Wildman–Crippen LogP) is 4.32. The van der Waals surface area contributed by atoms with Crippen molar-refractivity contribution >= 4 is 45.6 Å². The molecule has 4 heterocycles. The summed E-state index contributed by atoms with van der Waals surface area (Å²) in [6.45, 7) is 1.05. The lowest BCUT2D eigenvalue weighted by molar-refractivity contribution is -0.185. The first-order chi connectivity index (χ1) is 17.0.